The van der Waals surface area contributed by atoms with Gasteiger partial charge >= 0.3 is 5.97 Å². The predicted molar refractivity (Wildman–Crippen MR) is 79.1 cm³/mol. The van der Waals surface area contributed by atoms with Gasteiger partial charge in [-0.3, -0.25) is 4.79 Å². The highest BCUT2D eigenvalue weighted by Gasteiger charge is 2.58. The maximum atomic E-state index is 12.1. The second kappa shape index (κ2) is 3.76. The van der Waals surface area contributed by atoms with Gasteiger partial charge in [0.2, 0.25) is 0 Å². The van der Waals surface area contributed by atoms with Crippen molar-refractivity contribution in [3.05, 3.63) is 70.8 Å². The molecule has 3 atom stereocenters. The number of benzene rings is 2. The molecular formula is C19H16O2. The van der Waals surface area contributed by atoms with Crippen LogP contribution in [0.15, 0.2) is 48.5 Å². The molecule has 3 aliphatic carbocycles. The second-order valence-electron chi connectivity index (χ2n) is 6.48. The van der Waals surface area contributed by atoms with Crippen LogP contribution in [-0.2, 0) is 9.53 Å². The molecule has 0 spiro atoms. The molecule has 1 aliphatic heterocycles. The molecule has 6 rings (SSSR count). The number of rotatable bonds is 0. The SMILES string of the molecule is CC1C(=O)OC2C3c4ccccc4C(c4ccccc43)C12. The molecule has 1 fully saturated rings. The molecule has 1 saturated heterocycles. The summed E-state index contributed by atoms with van der Waals surface area (Å²) < 4.78 is 5.79. The predicted octanol–water partition coefficient (Wildman–Crippen LogP) is 3.46. The van der Waals surface area contributed by atoms with Gasteiger partial charge in [0, 0.05) is 17.8 Å². The van der Waals surface area contributed by atoms with Gasteiger partial charge in [-0.25, -0.2) is 0 Å². The van der Waals surface area contributed by atoms with Gasteiger partial charge in [-0.2, -0.15) is 0 Å². The van der Waals surface area contributed by atoms with Crippen molar-refractivity contribution in [3.63, 3.8) is 0 Å². The van der Waals surface area contributed by atoms with E-state index in [1.54, 1.807) is 0 Å². The van der Waals surface area contributed by atoms with E-state index in [0.29, 0.717) is 5.92 Å². The van der Waals surface area contributed by atoms with Crippen LogP contribution < -0.4 is 0 Å². The molecule has 0 N–H and O–H groups in total. The summed E-state index contributed by atoms with van der Waals surface area (Å²) in [6, 6.07) is 17.3. The van der Waals surface area contributed by atoms with Gasteiger partial charge in [-0.05, 0) is 22.3 Å². The van der Waals surface area contributed by atoms with Gasteiger partial charge in [0.15, 0.2) is 0 Å². The van der Waals surface area contributed by atoms with Crippen LogP contribution in [-0.4, -0.2) is 12.1 Å². The number of carbonyl (C=O) groups excluding carboxylic acids is 1. The minimum Gasteiger partial charge on any atom is -0.461 e. The lowest BCUT2D eigenvalue weighted by atomic mass is 9.56. The minimum absolute atomic E-state index is 0.00999. The van der Waals surface area contributed by atoms with Crippen LogP contribution >= 0.6 is 0 Å². The molecule has 2 nitrogen and oxygen atoms in total. The van der Waals surface area contributed by atoms with E-state index in [-0.39, 0.29) is 29.8 Å². The topological polar surface area (TPSA) is 26.3 Å². The largest absolute Gasteiger partial charge is 0.461 e. The minimum atomic E-state index is -0.0272. The first kappa shape index (κ1) is 11.6. The molecule has 0 saturated carbocycles. The molecule has 0 aromatic heterocycles. The monoisotopic (exact) mass is 276 g/mol. The quantitative estimate of drug-likeness (QED) is 0.689. The molecule has 2 aromatic rings. The summed E-state index contributed by atoms with van der Waals surface area (Å²) in [5.41, 5.74) is 5.49. The Morgan fingerprint density at radius 2 is 1.29 bits per heavy atom. The van der Waals surface area contributed by atoms with Crippen LogP contribution in [0.1, 0.15) is 41.0 Å². The van der Waals surface area contributed by atoms with Crippen molar-refractivity contribution in [2.45, 2.75) is 24.9 Å². The number of hydrogen-bond acceptors (Lipinski definition) is 2. The van der Waals surface area contributed by atoms with E-state index in [1.807, 2.05) is 6.92 Å². The van der Waals surface area contributed by atoms with Gasteiger partial charge in [-0.15, -0.1) is 0 Å². The molecule has 21 heavy (non-hydrogen) atoms. The molecule has 1 heterocycles. The first-order chi connectivity index (χ1) is 10.3. The molecule has 0 radical (unpaired) electrons. The number of hydrogen-bond donors (Lipinski definition) is 0. The lowest BCUT2D eigenvalue weighted by molar-refractivity contribution is -0.144. The van der Waals surface area contributed by atoms with E-state index in [0.717, 1.165) is 0 Å². The number of carbonyl (C=O) groups is 1. The Labute approximate surface area is 123 Å². The average Bonchev–Trinajstić information content (AvgIpc) is 2.83. The van der Waals surface area contributed by atoms with Crippen LogP contribution in [0.5, 0.6) is 0 Å². The van der Waals surface area contributed by atoms with E-state index in [9.17, 15) is 4.79 Å². The molecule has 104 valence electrons. The lowest BCUT2D eigenvalue weighted by Crippen LogP contribution is -2.42. The van der Waals surface area contributed by atoms with Gasteiger partial charge in [0.1, 0.15) is 6.10 Å². The van der Waals surface area contributed by atoms with Gasteiger partial charge in [0.05, 0.1) is 5.92 Å². The summed E-state index contributed by atoms with van der Waals surface area (Å²) in [6.07, 6.45) is 0.0160. The highest BCUT2D eigenvalue weighted by Crippen LogP contribution is 2.60. The zero-order valence-electron chi connectivity index (χ0n) is 11.8. The number of ether oxygens (including phenoxy) is 1. The van der Waals surface area contributed by atoms with Crippen molar-refractivity contribution in [3.8, 4) is 0 Å². The Kier molecular flexibility index (Phi) is 2.07. The smallest absolute Gasteiger partial charge is 0.309 e. The fourth-order valence-corrected chi connectivity index (χ4v) is 4.79. The van der Waals surface area contributed by atoms with Crippen molar-refractivity contribution in [1.82, 2.24) is 0 Å². The lowest BCUT2D eigenvalue weighted by Gasteiger charge is -2.47. The summed E-state index contributed by atoms with van der Waals surface area (Å²) in [7, 11) is 0. The van der Waals surface area contributed by atoms with Gasteiger partial charge in [-0.1, -0.05) is 55.5 Å². The summed E-state index contributed by atoms with van der Waals surface area (Å²) in [5, 5.41) is 0. The zero-order chi connectivity index (χ0) is 14.1. The third-order valence-corrected chi connectivity index (χ3v) is 5.63. The number of esters is 1. The van der Waals surface area contributed by atoms with Crippen molar-refractivity contribution < 1.29 is 9.53 Å². The maximum absolute atomic E-state index is 12.1. The first-order valence-electron chi connectivity index (χ1n) is 7.65. The summed E-state index contributed by atoms with van der Waals surface area (Å²) in [4.78, 5) is 12.1. The maximum Gasteiger partial charge on any atom is 0.309 e. The highest BCUT2D eigenvalue weighted by molar-refractivity contribution is 5.77. The third kappa shape index (κ3) is 1.26. The third-order valence-electron chi connectivity index (χ3n) is 5.63. The normalized spacial score (nSPS) is 34.9. The van der Waals surface area contributed by atoms with Crippen LogP contribution in [0, 0.1) is 11.8 Å². The summed E-state index contributed by atoms with van der Waals surface area (Å²) >= 11 is 0. The Balaban J connectivity index is 1.83. The zero-order valence-corrected chi connectivity index (χ0v) is 11.8. The van der Waals surface area contributed by atoms with Crippen molar-refractivity contribution in [1.29, 1.82) is 0 Å². The molecule has 4 aliphatic rings. The van der Waals surface area contributed by atoms with E-state index in [4.69, 9.17) is 4.74 Å². The highest BCUT2D eigenvalue weighted by atomic mass is 16.6. The fourth-order valence-electron chi connectivity index (χ4n) is 4.79. The van der Waals surface area contributed by atoms with E-state index in [1.165, 1.54) is 22.3 Å². The standard InChI is InChI=1S/C19H16O2/c1-10-15-16-11-6-2-4-8-13(11)17(18(15)21-19(10)20)14-9-5-3-7-12(14)16/h2-10,15-18H,1H3. The molecule has 3 unspecified atom stereocenters. The Bertz CT molecular complexity index is 716. The molecule has 2 heteroatoms. The second-order valence-corrected chi connectivity index (χ2v) is 6.48. The van der Waals surface area contributed by atoms with E-state index in [2.05, 4.69) is 48.5 Å². The van der Waals surface area contributed by atoms with Crippen LogP contribution in [0.4, 0.5) is 0 Å². The summed E-state index contributed by atoms with van der Waals surface area (Å²) in [6.45, 7) is 2.03. The van der Waals surface area contributed by atoms with Crippen LogP contribution in [0.2, 0.25) is 0 Å². The Morgan fingerprint density at radius 1 is 0.810 bits per heavy atom. The van der Waals surface area contributed by atoms with Crippen LogP contribution in [0.3, 0.4) is 0 Å². The van der Waals surface area contributed by atoms with E-state index >= 15 is 0 Å². The first-order valence-corrected chi connectivity index (χ1v) is 7.65. The van der Waals surface area contributed by atoms with Crippen molar-refractivity contribution in [2.75, 3.05) is 0 Å². The molecular weight excluding hydrogens is 260 g/mol. The Morgan fingerprint density at radius 3 is 1.81 bits per heavy atom. The molecule has 2 bridgehead atoms. The van der Waals surface area contributed by atoms with Crippen molar-refractivity contribution >= 4 is 5.97 Å². The van der Waals surface area contributed by atoms with Crippen molar-refractivity contribution in [2.24, 2.45) is 11.8 Å². The van der Waals surface area contributed by atoms with Crippen LogP contribution in [0.25, 0.3) is 0 Å². The molecule has 2 aromatic carbocycles. The van der Waals surface area contributed by atoms with E-state index < -0.39 is 0 Å². The van der Waals surface area contributed by atoms with Gasteiger partial charge < -0.3 is 4.74 Å². The van der Waals surface area contributed by atoms with Gasteiger partial charge in [0.25, 0.3) is 0 Å². The average molecular weight is 276 g/mol. The fraction of sp³-hybridized carbons (Fsp3) is 0.316. The summed E-state index contributed by atoms with van der Waals surface area (Å²) in [5.74, 6) is 0.757. The Hall–Kier alpha value is -2.09. The molecule has 0 amide bonds.